The van der Waals surface area contributed by atoms with Crippen LogP contribution in [0.2, 0.25) is 0 Å². The van der Waals surface area contributed by atoms with Crippen molar-refractivity contribution in [2.75, 3.05) is 5.88 Å². The van der Waals surface area contributed by atoms with Crippen LogP contribution in [0.15, 0.2) is 11.6 Å². The monoisotopic (exact) mass is 468 g/mol. The fraction of sp³-hybridized carbons (Fsp3) is 0.800. The van der Waals surface area contributed by atoms with Gasteiger partial charge in [-0.2, -0.15) is 0 Å². The van der Waals surface area contributed by atoms with Gasteiger partial charge in [-0.05, 0) is 60.5 Å². The number of alkyl halides is 2. The predicted octanol–water partition coefficient (Wildman–Crippen LogP) is 4.18. The lowest BCUT2D eigenvalue weighted by Gasteiger charge is -2.61. The second kappa shape index (κ2) is 7.90. The number of ketones is 2. The molecule has 0 saturated heterocycles. The Morgan fingerprint density at radius 2 is 2.00 bits per heavy atom. The molecule has 0 spiro atoms. The topological polar surface area (TPSA) is 80.7 Å². The molecule has 0 bridgehead atoms. The maximum absolute atomic E-state index is 15.5. The predicted molar refractivity (Wildman–Crippen MR) is 118 cm³/mol. The van der Waals surface area contributed by atoms with Crippen molar-refractivity contribution in [2.24, 2.45) is 34.5 Å². The number of halogens is 2. The summed E-state index contributed by atoms with van der Waals surface area (Å²) in [5.74, 6) is -1.92. The molecule has 4 aliphatic rings. The number of aliphatic hydroxyl groups is 1. The summed E-state index contributed by atoms with van der Waals surface area (Å²) < 4.78 is 21.5. The van der Waals surface area contributed by atoms with Crippen molar-refractivity contribution >= 4 is 29.1 Å². The van der Waals surface area contributed by atoms with E-state index >= 15 is 4.39 Å². The van der Waals surface area contributed by atoms with E-state index in [-0.39, 0.29) is 60.4 Å². The molecule has 1 N–H and O–H groups in total. The molecule has 0 amide bonds. The standard InChI is InChI=1S/C25H34ClFO5/c1-5-21(31)32-25(20(30)12-26)13(2)8-16-15-10-18(27)17-9-14(28)6-7-23(17,3)22(15)19(29)11-24(16,25)4/h9,13,15-16,18-19,22,29H,5-8,10-12H2,1-4H3/t13?,15-,16-,18?,19?,22+,23-,24-,25-/m0/s1. The SMILES string of the molecule is CCC(=O)O[C@]1(C(=O)CCl)C(C)C[C@H]2[C@@H]3CC(F)C4=CC(=O)CC[C@]4(C)[C@H]3C(O)C[C@@]21C. The van der Waals surface area contributed by atoms with Gasteiger partial charge in [0, 0.05) is 24.2 Å². The molecular weight excluding hydrogens is 435 g/mol. The molecule has 3 saturated carbocycles. The average molecular weight is 469 g/mol. The van der Waals surface area contributed by atoms with Crippen LogP contribution in [-0.4, -0.2) is 46.4 Å². The molecule has 4 aliphatic carbocycles. The van der Waals surface area contributed by atoms with E-state index in [1.165, 1.54) is 6.08 Å². The van der Waals surface area contributed by atoms with Gasteiger partial charge in [0.05, 0.1) is 12.0 Å². The Hall–Kier alpha value is -1.27. The molecule has 9 atom stereocenters. The molecule has 0 aromatic heterocycles. The summed E-state index contributed by atoms with van der Waals surface area (Å²) in [7, 11) is 0. The number of fused-ring (bicyclic) bond motifs is 5. The van der Waals surface area contributed by atoms with E-state index in [9.17, 15) is 19.5 Å². The number of hydrogen-bond acceptors (Lipinski definition) is 5. The first-order valence-electron chi connectivity index (χ1n) is 11.8. The summed E-state index contributed by atoms with van der Waals surface area (Å²) in [6.07, 6.45) is 1.49. The van der Waals surface area contributed by atoms with Crippen molar-refractivity contribution < 1.29 is 28.6 Å². The largest absolute Gasteiger partial charge is 0.450 e. The number of aliphatic hydroxyl groups excluding tert-OH is 1. The van der Waals surface area contributed by atoms with E-state index in [4.69, 9.17) is 16.3 Å². The maximum atomic E-state index is 15.5. The van der Waals surface area contributed by atoms with Gasteiger partial charge in [-0.15, -0.1) is 11.6 Å². The van der Waals surface area contributed by atoms with Crippen LogP contribution in [0, 0.1) is 34.5 Å². The molecule has 0 aromatic carbocycles. The normalized spacial score (nSPS) is 47.7. The van der Waals surface area contributed by atoms with E-state index in [0.29, 0.717) is 24.8 Å². The van der Waals surface area contributed by atoms with Crippen molar-refractivity contribution in [2.45, 2.75) is 84.1 Å². The third kappa shape index (κ3) is 3.01. The van der Waals surface area contributed by atoms with Crippen molar-refractivity contribution in [3.8, 4) is 0 Å². The minimum atomic E-state index is -1.43. The highest BCUT2D eigenvalue weighted by Gasteiger charge is 2.73. The van der Waals surface area contributed by atoms with Crippen LogP contribution in [0.5, 0.6) is 0 Å². The first kappa shape index (κ1) is 23.9. The third-order valence-corrected chi connectivity index (χ3v) is 9.75. The van der Waals surface area contributed by atoms with Gasteiger partial charge in [0.1, 0.15) is 6.17 Å². The number of allylic oxidation sites excluding steroid dienone is 1. The van der Waals surface area contributed by atoms with Gasteiger partial charge in [0.25, 0.3) is 0 Å². The Balaban J connectivity index is 1.82. The van der Waals surface area contributed by atoms with Crippen molar-refractivity contribution in [1.82, 2.24) is 0 Å². The molecule has 3 unspecified atom stereocenters. The van der Waals surface area contributed by atoms with Crippen molar-refractivity contribution in [3.05, 3.63) is 11.6 Å². The van der Waals surface area contributed by atoms with Crippen molar-refractivity contribution in [1.29, 1.82) is 0 Å². The van der Waals surface area contributed by atoms with Crippen LogP contribution in [0.3, 0.4) is 0 Å². The second-order valence-electron chi connectivity index (χ2n) is 10.9. The Kier molecular flexibility index (Phi) is 5.89. The smallest absolute Gasteiger partial charge is 0.306 e. The van der Waals surface area contributed by atoms with E-state index in [1.807, 2.05) is 20.8 Å². The lowest BCUT2D eigenvalue weighted by molar-refractivity contribution is -0.206. The lowest BCUT2D eigenvalue weighted by atomic mass is 9.45. The molecule has 0 aromatic rings. The number of Topliss-reactive ketones (excluding diaryl/α,β-unsaturated/α-hetero) is 1. The van der Waals surface area contributed by atoms with Crippen LogP contribution in [0.1, 0.15) is 66.2 Å². The van der Waals surface area contributed by atoms with Crippen molar-refractivity contribution in [3.63, 3.8) is 0 Å². The number of carbonyl (C=O) groups excluding carboxylic acids is 3. The fourth-order valence-corrected chi connectivity index (χ4v) is 8.43. The summed E-state index contributed by atoms with van der Waals surface area (Å²) in [5, 5.41) is 11.5. The summed E-state index contributed by atoms with van der Waals surface area (Å²) in [6.45, 7) is 7.48. The molecule has 32 heavy (non-hydrogen) atoms. The highest BCUT2D eigenvalue weighted by Crippen LogP contribution is 2.69. The fourth-order valence-electron chi connectivity index (χ4n) is 8.23. The summed E-state index contributed by atoms with van der Waals surface area (Å²) in [6, 6.07) is 0. The Labute approximate surface area is 194 Å². The summed E-state index contributed by atoms with van der Waals surface area (Å²) in [4.78, 5) is 37.8. The summed E-state index contributed by atoms with van der Waals surface area (Å²) >= 11 is 6.03. The maximum Gasteiger partial charge on any atom is 0.306 e. The zero-order valence-corrected chi connectivity index (χ0v) is 20.1. The average Bonchev–Trinajstić information content (AvgIpc) is 2.95. The minimum absolute atomic E-state index is 0.0543. The molecule has 0 heterocycles. The number of rotatable bonds is 4. The van der Waals surface area contributed by atoms with Crippen LogP contribution in [0.4, 0.5) is 4.39 Å². The number of hydrogen-bond donors (Lipinski definition) is 1. The van der Waals surface area contributed by atoms with Crippen LogP contribution < -0.4 is 0 Å². The van der Waals surface area contributed by atoms with E-state index in [0.717, 1.165) is 0 Å². The molecule has 0 aliphatic heterocycles. The second-order valence-corrected chi connectivity index (χ2v) is 11.2. The molecule has 7 heteroatoms. The lowest BCUT2D eigenvalue weighted by Crippen LogP contribution is -2.65. The Bertz CT molecular complexity index is 872. The zero-order valence-electron chi connectivity index (χ0n) is 19.3. The van der Waals surface area contributed by atoms with E-state index in [1.54, 1.807) is 6.92 Å². The summed E-state index contributed by atoms with van der Waals surface area (Å²) in [5.41, 5.74) is -2.35. The van der Waals surface area contributed by atoms with Crippen LogP contribution in [0.25, 0.3) is 0 Å². The van der Waals surface area contributed by atoms with Gasteiger partial charge in [-0.3, -0.25) is 14.4 Å². The van der Waals surface area contributed by atoms with Gasteiger partial charge in [-0.1, -0.05) is 27.7 Å². The highest BCUT2D eigenvalue weighted by molar-refractivity contribution is 6.29. The number of carbonyl (C=O) groups is 3. The van der Waals surface area contributed by atoms with Gasteiger partial charge in [0.2, 0.25) is 0 Å². The van der Waals surface area contributed by atoms with Gasteiger partial charge >= 0.3 is 5.97 Å². The van der Waals surface area contributed by atoms with Gasteiger partial charge in [0.15, 0.2) is 17.2 Å². The van der Waals surface area contributed by atoms with Gasteiger partial charge in [-0.25, -0.2) is 4.39 Å². The van der Waals surface area contributed by atoms with E-state index < -0.39 is 34.7 Å². The zero-order chi connectivity index (χ0) is 23.6. The molecule has 0 radical (unpaired) electrons. The molecular formula is C25H34ClFO5. The first-order valence-corrected chi connectivity index (χ1v) is 12.4. The molecule has 3 fully saturated rings. The Morgan fingerprint density at radius 1 is 1.31 bits per heavy atom. The number of esters is 1. The first-order chi connectivity index (χ1) is 15.0. The van der Waals surface area contributed by atoms with Gasteiger partial charge < -0.3 is 9.84 Å². The Morgan fingerprint density at radius 3 is 2.62 bits per heavy atom. The quantitative estimate of drug-likeness (QED) is 0.494. The molecule has 4 rings (SSSR count). The van der Waals surface area contributed by atoms with Crippen LogP contribution >= 0.6 is 11.6 Å². The third-order valence-electron chi connectivity index (χ3n) is 9.51. The number of ether oxygens (including phenoxy) is 1. The van der Waals surface area contributed by atoms with Crippen LogP contribution in [-0.2, 0) is 19.1 Å². The molecule has 178 valence electrons. The minimum Gasteiger partial charge on any atom is -0.450 e. The molecule has 5 nitrogen and oxygen atoms in total. The highest BCUT2D eigenvalue weighted by atomic mass is 35.5. The van der Waals surface area contributed by atoms with E-state index in [2.05, 4.69) is 0 Å².